The van der Waals surface area contributed by atoms with E-state index in [9.17, 15) is 0 Å². The first-order valence-electron chi connectivity index (χ1n) is 6.84. The average molecular weight is 225 g/mol. The molecule has 3 fully saturated rings. The van der Waals surface area contributed by atoms with Gasteiger partial charge in [0.1, 0.15) is 0 Å². The summed E-state index contributed by atoms with van der Waals surface area (Å²) in [6.07, 6.45) is 8.03. The lowest BCUT2D eigenvalue weighted by molar-refractivity contribution is -0.144. The van der Waals surface area contributed by atoms with E-state index in [0.29, 0.717) is 6.10 Å². The standard InChI is InChI=1S/C13H23NO2/c1-2-6-13(5-1)10-14-9-12(16-13)11-3-7-15-8-4-11/h11-12,14H,1-10H2. The van der Waals surface area contributed by atoms with Crippen molar-refractivity contribution in [2.75, 3.05) is 26.3 Å². The summed E-state index contributed by atoms with van der Waals surface area (Å²) in [6, 6.07) is 0. The molecule has 16 heavy (non-hydrogen) atoms. The molecule has 1 spiro atoms. The smallest absolute Gasteiger partial charge is 0.0810 e. The van der Waals surface area contributed by atoms with Gasteiger partial charge in [0.15, 0.2) is 0 Å². The van der Waals surface area contributed by atoms with E-state index in [1.807, 2.05) is 0 Å². The Balaban J connectivity index is 1.62. The van der Waals surface area contributed by atoms with Gasteiger partial charge in [-0.15, -0.1) is 0 Å². The van der Waals surface area contributed by atoms with Crippen molar-refractivity contribution in [1.82, 2.24) is 5.32 Å². The molecule has 0 bridgehead atoms. The molecule has 2 aliphatic heterocycles. The van der Waals surface area contributed by atoms with Crippen molar-refractivity contribution in [3.8, 4) is 0 Å². The van der Waals surface area contributed by atoms with Crippen molar-refractivity contribution >= 4 is 0 Å². The molecule has 1 aliphatic carbocycles. The Hall–Kier alpha value is -0.120. The van der Waals surface area contributed by atoms with Crippen molar-refractivity contribution < 1.29 is 9.47 Å². The van der Waals surface area contributed by atoms with Crippen molar-refractivity contribution in [2.45, 2.75) is 50.2 Å². The largest absolute Gasteiger partial charge is 0.381 e. The second-order valence-corrected chi connectivity index (χ2v) is 5.63. The van der Waals surface area contributed by atoms with Gasteiger partial charge in [0, 0.05) is 26.3 Å². The molecule has 0 aromatic heterocycles. The zero-order valence-electron chi connectivity index (χ0n) is 10.0. The number of morpholine rings is 1. The Bertz CT molecular complexity index is 232. The van der Waals surface area contributed by atoms with E-state index in [4.69, 9.17) is 9.47 Å². The van der Waals surface area contributed by atoms with E-state index in [1.54, 1.807) is 0 Å². The fraction of sp³-hybridized carbons (Fsp3) is 1.00. The summed E-state index contributed by atoms with van der Waals surface area (Å²) in [5.41, 5.74) is 0.196. The Morgan fingerprint density at radius 1 is 1.06 bits per heavy atom. The van der Waals surface area contributed by atoms with Gasteiger partial charge in [0.05, 0.1) is 11.7 Å². The first kappa shape index (κ1) is 11.0. The summed E-state index contributed by atoms with van der Waals surface area (Å²) in [4.78, 5) is 0. The maximum absolute atomic E-state index is 6.46. The average Bonchev–Trinajstić information content (AvgIpc) is 2.78. The van der Waals surface area contributed by atoms with Crippen LogP contribution in [0, 0.1) is 5.92 Å². The van der Waals surface area contributed by atoms with Crippen LogP contribution in [-0.4, -0.2) is 38.0 Å². The van der Waals surface area contributed by atoms with E-state index in [-0.39, 0.29) is 5.60 Å². The summed E-state index contributed by atoms with van der Waals surface area (Å²) < 4.78 is 11.9. The van der Waals surface area contributed by atoms with E-state index in [0.717, 1.165) is 32.2 Å². The molecule has 1 N–H and O–H groups in total. The van der Waals surface area contributed by atoms with Gasteiger partial charge in [-0.25, -0.2) is 0 Å². The van der Waals surface area contributed by atoms with Gasteiger partial charge in [-0.1, -0.05) is 12.8 Å². The van der Waals surface area contributed by atoms with Crippen LogP contribution in [0.15, 0.2) is 0 Å². The summed E-state index contributed by atoms with van der Waals surface area (Å²) in [5.74, 6) is 0.721. The predicted molar refractivity (Wildman–Crippen MR) is 62.5 cm³/mol. The molecule has 1 unspecified atom stereocenters. The van der Waals surface area contributed by atoms with Crippen LogP contribution in [-0.2, 0) is 9.47 Å². The molecular weight excluding hydrogens is 202 g/mol. The summed E-state index contributed by atoms with van der Waals surface area (Å²) in [5, 5.41) is 3.60. The first-order chi connectivity index (χ1) is 7.88. The lowest BCUT2D eigenvalue weighted by Gasteiger charge is -2.43. The van der Waals surface area contributed by atoms with Gasteiger partial charge in [0.25, 0.3) is 0 Å². The highest BCUT2D eigenvalue weighted by molar-refractivity contribution is 4.94. The second kappa shape index (κ2) is 4.63. The van der Waals surface area contributed by atoms with Crippen LogP contribution in [0.3, 0.4) is 0 Å². The first-order valence-corrected chi connectivity index (χ1v) is 6.84. The minimum atomic E-state index is 0.196. The molecule has 3 nitrogen and oxygen atoms in total. The van der Waals surface area contributed by atoms with Gasteiger partial charge in [-0.2, -0.15) is 0 Å². The Kier molecular flexibility index (Phi) is 3.18. The molecule has 3 heteroatoms. The third kappa shape index (κ3) is 2.13. The van der Waals surface area contributed by atoms with Gasteiger partial charge in [-0.3, -0.25) is 0 Å². The minimum Gasteiger partial charge on any atom is -0.381 e. The fourth-order valence-corrected chi connectivity index (χ4v) is 3.51. The zero-order valence-corrected chi connectivity index (χ0v) is 10.0. The van der Waals surface area contributed by atoms with Crippen LogP contribution in [0.1, 0.15) is 38.5 Å². The van der Waals surface area contributed by atoms with E-state index >= 15 is 0 Å². The molecular formula is C13H23NO2. The summed E-state index contributed by atoms with van der Waals surface area (Å²) in [7, 11) is 0. The number of hydrogen-bond donors (Lipinski definition) is 1. The maximum Gasteiger partial charge on any atom is 0.0810 e. The number of rotatable bonds is 1. The molecule has 0 aromatic rings. The normalized spacial score (nSPS) is 35.6. The molecule has 0 radical (unpaired) electrons. The Labute approximate surface area is 97.9 Å². The maximum atomic E-state index is 6.46. The van der Waals surface area contributed by atoms with Gasteiger partial charge >= 0.3 is 0 Å². The highest BCUT2D eigenvalue weighted by Crippen LogP contribution is 2.37. The van der Waals surface area contributed by atoms with Crippen LogP contribution in [0.25, 0.3) is 0 Å². The lowest BCUT2D eigenvalue weighted by Crippen LogP contribution is -2.55. The van der Waals surface area contributed by atoms with E-state index in [1.165, 1.54) is 38.5 Å². The van der Waals surface area contributed by atoms with Crippen LogP contribution in [0.4, 0.5) is 0 Å². The SMILES string of the molecule is C1CCC2(C1)CNCC(C1CCOCC1)O2. The molecule has 2 heterocycles. The molecule has 3 aliphatic rings. The predicted octanol–water partition coefficient (Wildman–Crippen LogP) is 1.71. The molecule has 3 rings (SSSR count). The monoisotopic (exact) mass is 225 g/mol. The summed E-state index contributed by atoms with van der Waals surface area (Å²) >= 11 is 0. The van der Waals surface area contributed by atoms with Crippen LogP contribution < -0.4 is 5.32 Å². The molecule has 1 saturated carbocycles. The minimum absolute atomic E-state index is 0.196. The molecule has 92 valence electrons. The number of hydrogen-bond acceptors (Lipinski definition) is 3. The van der Waals surface area contributed by atoms with Crippen molar-refractivity contribution in [3.05, 3.63) is 0 Å². The zero-order chi connectivity index (χ0) is 10.8. The molecule has 0 aromatic carbocycles. The third-order valence-corrected chi connectivity index (χ3v) is 4.50. The Morgan fingerprint density at radius 2 is 1.81 bits per heavy atom. The van der Waals surface area contributed by atoms with Crippen molar-refractivity contribution in [3.63, 3.8) is 0 Å². The van der Waals surface area contributed by atoms with Crippen molar-refractivity contribution in [1.29, 1.82) is 0 Å². The quantitative estimate of drug-likeness (QED) is 0.737. The van der Waals surface area contributed by atoms with Gasteiger partial charge in [0.2, 0.25) is 0 Å². The fourth-order valence-electron chi connectivity index (χ4n) is 3.51. The summed E-state index contributed by atoms with van der Waals surface area (Å²) in [6.45, 7) is 3.98. The Morgan fingerprint density at radius 3 is 2.56 bits per heavy atom. The van der Waals surface area contributed by atoms with E-state index < -0.39 is 0 Å². The molecule has 2 saturated heterocycles. The molecule has 0 amide bonds. The van der Waals surface area contributed by atoms with Crippen LogP contribution in [0.2, 0.25) is 0 Å². The van der Waals surface area contributed by atoms with Gasteiger partial charge in [-0.05, 0) is 31.6 Å². The highest BCUT2D eigenvalue weighted by atomic mass is 16.5. The van der Waals surface area contributed by atoms with Crippen LogP contribution >= 0.6 is 0 Å². The van der Waals surface area contributed by atoms with Crippen LogP contribution in [0.5, 0.6) is 0 Å². The number of nitrogens with one attached hydrogen (secondary N) is 1. The van der Waals surface area contributed by atoms with Gasteiger partial charge < -0.3 is 14.8 Å². The number of ether oxygens (including phenoxy) is 2. The van der Waals surface area contributed by atoms with E-state index in [2.05, 4.69) is 5.32 Å². The topological polar surface area (TPSA) is 30.5 Å². The highest BCUT2D eigenvalue weighted by Gasteiger charge is 2.41. The van der Waals surface area contributed by atoms with Crippen molar-refractivity contribution in [2.24, 2.45) is 5.92 Å². The second-order valence-electron chi connectivity index (χ2n) is 5.63. The third-order valence-electron chi connectivity index (χ3n) is 4.50. The lowest BCUT2D eigenvalue weighted by atomic mass is 9.90. The molecule has 1 atom stereocenters.